The van der Waals surface area contributed by atoms with Crippen LogP contribution in [-0.4, -0.2) is 29.3 Å². The van der Waals surface area contributed by atoms with Crippen LogP contribution < -0.4 is 16.0 Å². The van der Waals surface area contributed by atoms with Crippen LogP contribution in [0.1, 0.15) is 22.6 Å². The third-order valence-corrected chi connectivity index (χ3v) is 6.55. The zero-order chi connectivity index (χ0) is 18.3. The Bertz CT molecular complexity index is 954. The smallest absolute Gasteiger partial charge is 0.148 e. The maximum absolute atomic E-state index is 6.41. The number of nitrogens with zero attached hydrogens (tertiary/aromatic N) is 3. The number of fused-ring (bicyclic) bond motifs is 1. The lowest BCUT2D eigenvalue weighted by atomic mass is 10.1. The van der Waals surface area contributed by atoms with E-state index in [0.717, 1.165) is 68.8 Å². The summed E-state index contributed by atoms with van der Waals surface area (Å²) in [5, 5.41) is 14.0. The maximum atomic E-state index is 6.41. The molecule has 1 saturated heterocycles. The second kappa shape index (κ2) is 7.02. The standard InChI is InChI=1S/C19H22ClN5S/c1-11-12(2)23-24-19-17(11)18(21)16(26-19)9-22-13-7-8-25(10-13)15-6-4-3-5-14(15)20/h3-6,13,22H,7-10,21H2,1-2H3. The molecule has 3 heterocycles. The van der Waals surface area contributed by atoms with Crippen molar-refractivity contribution in [2.24, 2.45) is 0 Å². The molecule has 1 aliphatic heterocycles. The van der Waals surface area contributed by atoms with Crippen LogP contribution in [0.25, 0.3) is 10.2 Å². The van der Waals surface area contributed by atoms with Gasteiger partial charge >= 0.3 is 0 Å². The predicted octanol–water partition coefficient (Wildman–Crippen LogP) is 3.91. The van der Waals surface area contributed by atoms with Gasteiger partial charge in [-0.15, -0.1) is 16.4 Å². The van der Waals surface area contributed by atoms with E-state index in [4.69, 9.17) is 17.3 Å². The summed E-state index contributed by atoms with van der Waals surface area (Å²) < 4.78 is 0. The molecular formula is C19H22ClN5S. The Hall–Kier alpha value is -1.89. The zero-order valence-corrected chi connectivity index (χ0v) is 16.5. The summed E-state index contributed by atoms with van der Waals surface area (Å²) in [5.74, 6) is 0. The molecule has 26 heavy (non-hydrogen) atoms. The minimum absolute atomic E-state index is 0.421. The number of nitrogen functional groups attached to an aromatic ring is 1. The number of hydrogen-bond acceptors (Lipinski definition) is 6. The van der Waals surface area contributed by atoms with E-state index in [1.807, 2.05) is 25.1 Å². The van der Waals surface area contributed by atoms with Gasteiger partial charge < -0.3 is 16.0 Å². The van der Waals surface area contributed by atoms with Crippen molar-refractivity contribution in [3.8, 4) is 0 Å². The van der Waals surface area contributed by atoms with Crippen LogP contribution in [0.2, 0.25) is 5.02 Å². The number of nitrogens with two attached hydrogens (primary N) is 1. The average Bonchev–Trinajstić information content (AvgIpc) is 3.22. The fraction of sp³-hybridized carbons (Fsp3) is 0.368. The maximum Gasteiger partial charge on any atom is 0.148 e. The fourth-order valence-electron chi connectivity index (χ4n) is 3.51. The molecule has 3 N–H and O–H groups in total. The number of aromatic nitrogens is 2. The number of rotatable bonds is 4. The predicted molar refractivity (Wildman–Crippen MR) is 110 cm³/mol. The SMILES string of the molecule is Cc1nnc2sc(CNC3CCN(c4ccccc4Cl)C3)c(N)c2c1C. The normalized spacial score (nSPS) is 17.3. The van der Waals surface area contributed by atoms with Gasteiger partial charge in [0.25, 0.3) is 0 Å². The first kappa shape index (κ1) is 17.5. The largest absolute Gasteiger partial charge is 0.397 e. The quantitative estimate of drug-likeness (QED) is 0.710. The number of benzene rings is 1. The Morgan fingerprint density at radius 2 is 2.12 bits per heavy atom. The average molecular weight is 388 g/mol. The third kappa shape index (κ3) is 3.13. The monoisotopic (exact) mass is 387 g/mol. The molecule has 1 aliphatic rings. The van der Waals surface area contributed by atoms with Crippen molar-refractivity contribution in [1.29, 1.82) is 0 Å². The Morgan fingerprint density at radius 3 is 2.92 bits per heavy atom. The van der Waals surface area contributed by atoms with Gasteiger partial charge in [0, 0.05) is 35.9 Å². The Balaban J connectivity index is 1.45. The molecule has 3 aromatic rings. The molecule has 1 atom stereocenters. The van der Waals surface area contributed by atoms with E-state index in [0.29, 0.717) is 6.04 Å². The molecule has 0 radical (unpaired) electrons. The Kier molecular flexibility index (Phi) is 4.73. The number of anilines is 2. The molecule has 1 unspecified atom stereocenters. The number of nitrogens with one attached hydrogen (secondary N) is 1. The van der Waals surface area contributed by atoms with E-state index >= 15 is 0 Å². The molecule has 136 valence electrons. The number of para-hydroxylation sites is 1. The van der Waals surface area contributed by atoms with Crippen molar-refractivity contribution in [3.05, 3.63) is 45.4 Å². The second-order valence-corrected chi connectivity index (χ2v) is 8.28. The first-order valence-electron chi connectivity index (χ1n) is 8.78. The molecule has 0 spiro atoms. The molecule has 5 nitrogen and oxygen atoms in total. The molecule has 0 amide bonds. The molecule has 2 aromatic heterocycles. The molecular weight excluding hydrogens is 366 g/mol. The summed E-state index contributed by atoms with van der Waals surface area (Å²) in [4.78, 5) is 4.40. The highest BCUT2D eigenvalue weighted by Gasteiger charge is 2.24. The summed E-state index contributed by atoms with van der Waals surface area (Å²) >= 11 is 7.96. The Morgan fingerprint density at radius 1 is 1.31 bits per heavy atom. The van der Waals surface area contributed by atoms with E-state index in [-0.39, 0.29) is 0 Å². The van der Waals surface area contributed by atoms with Crippen molar-refractivity contribution in [1.82, 2.24) is 15.5 Å². The minimum Gasteiger partial charge on any atom is -0.397 e. The van der Waals surface area contributed by atoms with Gasteiger partial charge in [-0.1, -0.05) is 23.7 Å². The third-order valence-electron chi connectivity index (χ3n) is 5.14. The van der Waals surface area contributed by atoms with Gasteiger partial charge in [0.05, 0.1) is 22.1 Å². The van der Waals surface area contributed by atoms with Crippen LogP contribution in [0, 0.1) is 13.8 Å². The van der Waals surface area contributed by atoms with Crippen LogP contribution in [0.5, 0.6) is 0 Å². The minimum atomic E-state index is 0.421. The lowest BCUT2D eigenvalue weighted by Gasteiger charge is -2.20. The lowest BCUT2D eigenvalue weighted by Crippen LogP contribution is -2.32. The highest BCUT2D eigenvalue weighted by atomic mass is 35.5. The van der Waals surface area contributed by atoms with E-state index in [2.05, 4.69) is 33.4 Å². The van der Waals surface area contributed by atoms with Crippen molar-refractivity contribution in [2.75, 3.05) is 23.7 Å². The molecule has 4 rings (SSSR count). The van der Waals surface area contributed by atoms with E-state index in [1.54, 1.807) is 11.3 Å². The number of aryl methyl sites for hydroxylation is 2. The molecule has 0 aliphatic carbocycles. The van der Waals surface area contributed by atoms with E-state index in [1.165, 1.54) is 0 Å². The Labute approximate surface area is 162 Å². The number of halogens is 1. The lowest BCUT2D eigenvalue weighted by molar-refractivity contribution is 0.555. The number of hydrogen-bond donors (Lipinski definition) is 2. The summed E-state index contributed by atoms with van der Waals surface area (Å²) in [5.41, 5.74) is 10.4. The van der Waals surface area contributed by atoms with Crippen molar-refractivity contribution in [3.63, 3.8) is 0 Å². The van der Waals surface area contributed by atoms with Crippen LogP contribution in [-0.2, 0) is 6.54 Å². The molecule has 7 heteroatoms. The van der Waals surface area contributed by atoms with Gasteiger partial charge in [0.15, 0.2) is 0 Å². The van der Waals surface area contributed by atoms with Gasteiger partial charge in [-0.2, -0.15) is 5.10 Å². The molecule has 0 saturated carbocycles. The van der Waals surface area contributed by atoms with Crippen LogP contribution in [0.15, 0.2) is 24.3 Å². The first-order valence-corrected chi connectivity index (χ1v) is 9.97. The topological polar surface area (TPSA) is 67.1 Å². The summed E-state index contributed by atoms with van der Waals surface area (Å²) in [7, 11) is 0. The zero-order valence-electron chi connectivity index (χ0n) is 14.9. The van der Waals surface area contributed by atoms with Crippen LogP contribution in [0.3, 0.4) is 0 Å². The molecule has 1 fully saturated rings. The first-order chi connectivity index (χ1) is 12.5. The molecule has 0 bridgehead atoms. The van der Waals surface area contributed by atoms with Gasteiger partial charge in [-0.05, 0) is 38.0 Å². The highest BCUT2D eigenvalue weighted by Crippen LogP contribution is 2.35. The van der Waals surface area contributed by atoms with Gasteiger partial charge in [-0.3, -0.25) is 0 Å². The van der Waals surface area contributed by atoms with E-state index < -0.39 is 0 Å². The molecule has 1 aromatic carbocycles. The van der Waals surface area contributed by atoms with Gasteiger partial charge in [-0.25, -0.2) is 0 Å². The van der Waals surface area contributed by atoms with Gasteiger partial charge in [0.1, 0.15) is 4.83 Å². The van der Waals surface area contributed by atoms with Crippen LogP contribution in [0.4, 0.5) is 11.4 Å². The second-order valence-electron chi connectivity index (χ2n) is 6.79. The summed E-state index contributed by atoms with van der Waals surface area (Å²) in [6.07, 6.45) is 1.09. The summed E-state index contributed by atoms with van der Waals surface area (Å²) in [6.45, 7) is 6.75. The van der Waals surface area contributed by atoms with Crippen molar-refractivity contribution >= 4 is 44.5 Å². The van der Waals surface area contributed by atoms with E-state index in [9.17, 15) is 0 Å². The van der Waals surface area contributed by atoms with Crippen molar-refractivity contribution < 1.29 is 0 Å². The van der Waals surface area contributed by atoms with Crippen LogP contribution >= 0.6 is 22.9 Å². The van der Waals surface area contributed by atoms with Crippen molar-refractivity contribution in [2.45, 2.75) is 32.9 Å². The summed E-state index contributed by atoms with van der Waals surface area (Å²) in [6, 6.07) is 8.45. The fourth-order valence-corrected chi connectivity index (χ4v) is 4.81. The number of thiophene rings is 1. The van der Waals surface area contributed by atoms with Gasteiger partial charge in [0.2, 0.25) is 0 Å². The highest BCUT2D eigenvalue weighted by molar-refractivity contribution is 7.19.